The molecule has 0 bridgehead atoms. The third-order valence-electron chi connectivity index (χ3n) is 4.18. The van der Waals surface area contributed by atoms with Gasteiger partial charge in [-0.2, -0.15) is 0 Å². The van der Waals surface area contributed by atoms with E-state index in [4.69, 9.17) is 4.74 Å². The second-order valence-corrected chi connectivity index (χ2v) is 5.75. The second-order valence-electron chi connectivity index (χ2n) is 5.75. The van der Waals surface area contributed by atoms with Gasteiger partial charge in [0, 0.05) is 12.6 Å². The lowest BCUT2D eigenvalue weighted by Crippen LogP contribution is -2.47. The number of amides is 1. The van der Waals surface area contributed by atoms with Crippen molar-refractivity contribution >= 4 is 11.9 Å². The number of carboxylic acids is 1. The average molecular weight is 363 g/mol. The highest BCUT2D eigenvalue weighted by molar-refractivity contribution is 5.84. The molecule has 5 nitrogen and oxygen atoms in total. The Morgan fingerprint density at radius 3 is 2.42 bits per heavy atom. The molecule has 0 aliphatic rings. The zero-order valence-corrected chi connectivity index (χ0v) is 14.2. The molecule has 2 aromatic rings. The van der Waals surface area contributed by atoms with E-state index in [0.717, 1.165) is 12.1 Å². The Morgan fingerprint density at radius 1 is 1.15 bits per heavy atom. The lowest BCUT2D eigenvalue weighted by atomic mass is 9.78. The van der Waals surface area contributed by atoms with Crippen LogP contribution >= 0.6 is 0 Å². The number of halogens is 2. The minimum Gasteiger partial charge on any atom is -0.481 e. The van der Waals surface area contributed by atoms with Crippen molar-refractivity contribution < 1.29 is 28.2 Å². The van der Waals surface area contributed by atoms with Crippen molar-refractivity contribution in [2.24, 2.45) is 0 Å². The Hall–Kier alpha value is -2.96. The molecule has 2 rings (SSSR count). The molecule has 0 saturated carbocycles. The Labute approximate surface area is 149 Å². The van der Waals surface area contributed by atoms with Gasteiger partial charge in [0.1, 0.15) is 11.2 Å². The van der Waals surface area contributed by atoms with E-state index in [1.54, 1.807) is 37.3 Å². The summed E-state index contributed by atoms with van der Waals surface area (Å²) in [6.45, 7) is 1.06. The number of carbonyl (C=O) groups excluding carboxylic acids is 1. The van der Waals surface area contributed by atoms with Crippen molar-refractivity contribution in [2.75, 3.05) is 13.2 Å². The SMILES string of the molecule is CCC(CNC(=O)COc1ccc(F)cc1F)(C(=O)O)c1ccccc1. The van der Waals surface area contributed by atoms with Gasteiger partial charge in [0.05, 0.1) is 0 Å². The van der Waals surface area contributed by atoms with E-state index in [0.29, 0.717) is 11.6 Å². The van der Waals surface area contributed by atoms with Crippen LogP contribution in [0.15, 0.2) is 48.5 Å². The lowest BCUT2D eigenvalue weighted by molar-refractivity contribution is -0.144. The molecule has 0 saturated heterocycles. The lowest BCUT2D eigenvalue weighted by Gasteiger charge is -2.29. The summed E-state index contributed by atoms with van der Waals surface area (Å²) in [6, 6.07) is 11.3. The van der Waals surface area contributed by atoms with Gasteiger partial charge in [-0.3, -0.25) is 9.59 Å². The van der Waals surface area contributed by atoms with Crippen LogP contribution < -0.4 is 10.1 Å². The minimum atomic E-state index is -1.28. The van der Waals surface area contributed by atoms with Crippen molar-refractivity contribution in [2.45, 2.75) is 18.8 Å². The molecule has 0 fully saturated rings. The molecule has 0 heterocycles. The van der Waals surface area contributed by atoms with E-state index in [-0.39, 0.29) is 18.7 Å². The molecule has 0 spiro atoms. The van der Waals surface area contributed by atoms with Crippen LogP contribution in [0.4, 0.5) is 8.78 Å². The summed E-state index contributed by atoms with van der Waals surface area (Å²) in [4.78, 5) is 23.8. The maximum Gasteiger partial charge on any atom is 0.315 e. The van der Waals surface area contributed by atoms with E-state index in [1.807, 2.05) is 0 Å². The highest BCUT2D eigenvalue weighted by Crippen LogP contribution is 2.27. The van der Waals surface area contributed by atoms with Crippen molar-refractivity contribution in [1.29, 1.82) is 0 Å². The first-order valence-electron chi connectivity index (χ1n) is 8.02. The van der Waals surface area contributed by atoms with Crippen LogP contribution in [0.2, 0.25) is 0 Å². The molecule has 2 N–H and O–H groups in total. The molecule has 1 amide bonds. The fourth-order valence-electron chi connectivity index (χ4n) is 2.57. The zero-order valence-electron chi connectivity index (χ0n) is 14.2. The van der Waals surface area contributed by atoms with Crippen LogP contribution in [0.1, 0.15) is 18.9 Å². The maximum atomic E-state index is 13.5. The third kappa shape index (κ3) is 4.36. The molecular formula is C19H19F2NO4. The van der Waals surface area contributed by atoms with Crippen LogP contribution in [0.5, 0.6) is 5.75 Å². The molecule has 1 atom stereocenters. The number of nitrogens with one attached hydrogen (secondary N) is 1. The smallest absolute Gasteiger partial charge is 0.315 e. The molecule has 138 valence electrons. The van der Waals surface area contributed by atoms with E-state index in [9.17, 15) is 23.5 Å². The predicted octanol–water partition coefficient (Wildman–Crippen LogP) is 2.89. The Balaban J connectivity index is 2.02. The number of carboxylic acid groups (broad SMARTS) is 1. The van der Waals surface area contributed by atoms with E-state index in [2.05, 4.69) is 5.32 Å². The number of ether oxygens (including phenoxy) is 1. The average Bonchev–Trinajstić information content (AvgIpc) is 2.62. The third-order valence-corrected chi connectivity index (χ3v) is 4.18. The van der Waals surface area contributed by atoms with Crippen LogP contribution in [0.25, 0.3) is 0 Å². The molecule has 7 heteroatoms. The number of carbonyl (C=O) groups is 2. The van der Waals surface area contributed by atoms with Gasteiger partial charge < -0.3 is 15.2 Å². The number of hydrogen-bond acceptors (Lipinski definition) is 3. The van der Waals surface area contributed by atoms with E-state index < -0.39 is 35.5 Å². The highest BCUT2D eigenvalue weighted by atomic mass is 19.1. The largest absolute Gasteiger partial charge is 0.481 e. The summed E-state index contributed by atoms with van der Waals surface area (Å²) in [5.74, 6) is -3.60. The number of rotatable bonds is 8. The molecule has 0 aromatic heterocycles. The van der Waals surface area contributed by atoms with Crippen LogP contribution in [-0.2, 0) is 15.0 Å². The van der Waals surface area contributed by atoms with Gasteiger partial charge in [-0.15, -0.1) is 0 Å². The second kappa shape index (κ2) is 8.42. The van der Waals surface area contributed by atoms with Crippen molar-refractivity contribution in [3.05, 3.63) is 65.7 Å². The summed E-state index contributed by atoms with van der Waals surface area (Å²) >= 11 is 0. The van der Waals surface area contributed by atoms with Gasteiger partial charge in [0.2, 0.25) is 0 Å². The first-order chi connectivity index (χ1) is 12.4. The predicted molar refractivity (Wildman–Crippen MR) is 90.9 cm³/mol. The summed E-state index contributed by atoms with van der Waals surface area (Å²) < 4.78 is 31.3. The topological polar surface area (TPSA) is 75.6 Å². The summed E-state index contributed by atoms with van der Waals surface area (Å²) in [7, 11) is 0. The van der Waals surface area contributed by atoms with Gasteiger partial charge >= 0.3 is 5.97 Å². The quantitative estimate of drug-likeness (QED) is 0.756. The van der Waals surface area contributed by atoms with Crippen molar-refractivity contribution in [3.63, 3.8) is 0 Å². The summed E-state index contributed by atoms with van der Waals surface area (Å²) in [5, 5.41) is 12.2. The molecule has 2 aromatic carbocycles. The summed E-state index contributed by atoms with van der Waals surface area (Å²) in [5.41, 5.74) is -0.710. The summed E-state index contributed by atoms with van der Waals surface area (Å²) in [6.07, 6.45) is 0.264. The number of aliphatic carboxylic acids is 1. The van der Waals surface area contributed by atoms with Crippen LogP contribution in [0, 0.1) is 11.6 Å². The van der Waals surface area contributed by atoms with Gasteiger partial charge in [0.25, 0.3) is 5.91 Å². The molecule has 0 aliphatic heterocycles. The van der Waals surface area contributed by atoms with Crippen molar-refractivity contribution in [1.82, 2.24) is 5.32 Å². The monoisotopic (exact) mass is 363 g/mol. The molecule has 1 unspecified atom stereocenters. The highest BCUT2D eigenvalue weighted by Gasteiger charge is 2.38. The van der Waals surface area contributed by atoms with Gasteiger partial charge in [-0.05, 0) is 24.1 Å². The first-order valence-corrected chi connectivity index (χ1v) is 8.02. The van der Waals surface area contributed by atoms with Crippen LogP contribution in [0.3, 0.4) is 0 Å². The fraction of sp³-hybridized carbons (Fsp3) is 0.263. The normalized spacial score (nSPS) is 12.9. The first kappa shape index (κ1) is 19.4. The maximum absolute atomic E-state index is 13.5. The zero-order chi connectivity index (χ0) is 19.2. The van der Waals surface area contributed by atoms with E-state index in [1.165, 1.54) is 0 Å². The number of benzene rings is 2. The number of hydrogen-bond donors (Lipinski definition) is 2. The minimum absolute atomic E-state index is 0.142. The van der Waals surface area contributed by atoms with Gasteiger partial charge in [-0.25, -0.2) is 8.78 Å². The molecule has 0 aliphatic carbocycles. The molecule has 0 radical (unpaired) electrons. The fourth-order valence-corrected chi connectivity index (χ4v) is 2.57. The van der Waals surface area contributed by atoms with Gasteiger partial charge in [-0.1, -0.05) is 37.3 Å². The van der Waals surface area contributed by atoms with E-state index >= 15 is 0 Å². The standard InChI is InChI=1S/C19H19F2NO4/c1-2-19(18(24)25,13-6-4-3-5-7-13)12-22-17(23)11-26-16-9-8-14(20)10-15(16)21/h3-10H,2,11-12H2,1H3,(H,22,23)(H,24,25). The Morgan fingerprint density at radius 2 is 1.85 bits per heavy atom. The Kier molecular flexibility index (Phi) is 6.27. The van der Waals surface area contributed by atoms with Crippen LogP contribution in [-0.4, -0.2) is 30.1 Å². The Bertz CT molecular complexity index is 782. The van der Waals surface area contributed by atoms with Gasteiger partial charge in [0.15, 0.2) is 18.2 Å². The molecular weight excluding hydrogens is 344 g/mol. The molecule has 26 heavy (non-hydrogen) atoms. The van der Waals surface area contributed by atoms with Crippen molar-refractivity contribution in [3.8, 4) is 5.75 Å².